The summed E-state index contributed by atoms with van der Waals surface area (Å²) in [7, 11) is 1.58. The summed E-state index contributed by atoms with van der Waals surface area (Å²) in [4.78, 5) is 2.50. The van der Waals surface area contributed by atoms with Gasteiger partial charge in [-0.3, -0.25) is 0 Å². The predicted molar refractivity (Wildman–Crippen MR) is 84.6 cm³/mol. The second-order valence-corrected chi connectivity index (χ2v) is 6.08. The van der Waals surface area contributed by atoms with Crippen molar-refractivity contribution in [2.24, 2.45) is 0 Å². The second kappa shape index (κ2) is 7.86. The van der Waals surface area contributed by atoms with E-state index in [2.05, 4.69) is 26.1 Å². The van der Waals surface area contributed by atoms with E-state index in [1.807, 2.05) is 6.07 Å². The molecule has 0 atom stereocenters. The zero-order valence-corrected chi connectivity index (χ0v) is 13.6. The fraction of sp³-hybridized carbons (Fsp3) is 0.600. The summed E-state index contributed by atoms with van der Waals surface area (Å²) < 4.78 is 6.12. The van der Waals surface area contributed by atoms with Gasteiger partial charge in [-0.2, -0.15) is 0 Å². The molecular weight excluding hydrogens is 320 g/mol. The van der Waals surface area contributed by atoms with Crippen molar-refractivity contribution in [2.75, 3.05) is 39.8 Å². The molecule has 1 aromatic rings. The number of piperazine rings is 1. The minimum atomic E-state index is 0.276. The Balaban J connectivity index is 1.80. The molecule has 0 amide bonds. The lowest BCUT2D eigenvalue weighted by Gasteiger charge is -2.27. The van der Waals surface area contributed by atoms with Gasteiger partial charge in [-0.15, -0.1) is 0 Å². The molecule has 0 spiro atoms. The molecule has 4 nitrogen and oxygen atoms in total. The van der Waals surface area contributed by atoms with Gasteiger partial charge in [-0.1, -0.05) is 15.9 Å². The highest BCUT2D eigenvalue weighted by Crippen LogP contribution is 2.34. The van der Waals surface area contributed by atoms with E-state index in [1.165, 1.54) is 0 Å². The number of unbranched alkanes of at least 4 members (excludes halogenated alkanes) is 1. The van der Waals surface area contributed by atoms with Crippen LogP contribution in [-0.2, 0) is 6.42 Å². The third kappa shape index (κ3) is 4.36. The van der Waals surface area contributed by atoms with Crippen LogP contribution in [0.4, 0.5) is 0 Å². The molecule has 0 saturated carbocycles. The number of phenols is 1. The monoisotopic (exact) mass is 342 g/mol. The second-order valence-electron chi connectivity index (χ2n) is 5.16. The van der Waals surface area contributed by atoms with Crippen LogP contribution in [0.3, 0.4) is 0 Å². The van der Waals surface area contributed by atoms with E-state index in [0.717, 1.165) is 62.0 Å². The Morgan fingerprint density at radius 2 is 2.05 bits per heavy atom. The number of hydrogen-bond donors (Lipinski definition) is 2. The van der Waals surface area contributed by atoms with Gasteiger partial charge in [0.25, 0.3) is 0 Å². The molecule has 1 saturated heterocycles. The number of aryl methyl sites for hydroxylation is 1. The van der Waals surface area contributed by atoms with Gasteiger partial charge in [0.1, 0.15) is 0 Å². The highest BCUT2D eigenvalue weighted by molar-refractivity contribution is 9.10. The van der Waals surface area contributed by atoms with Gasteiger partial charge in [0.05, 0.1) is 7.11 Å². The van der Waals surface area contributed by atoms with Gasteiger partial charge >= 0.3 is 0 Å². The Kier molecular flexibility index (Phi) is 6.13. The normalized spacial score (nSPS) is 16.3. The Labute approximate surface area is 129 Å². The van der Waals surface area contributed by atoms with Crippen LogP contribution < -0.4 is 10.1 Å². The maximum atomic E-state index is 10.1. The summed E-state index contributed by atoms with van der Waals surface area (Å²) in [5, 5.41) is 13.5. The van der Waals surface area contributed by atoms with E-state index in [9.17, 15) is 5.11 Å². The van der Waals surface area contributed by atoms with Crippen LogP contribution in [0.25, 0.3) is 0 Å². The van der Waals surface area contributed by atoms with Crippen LogP contribution in [0.1, 0.15) is 18.4 Å². The first kappa shape index (κ1) is 15.6. The Morgan fingerprint density at radius 3 is 2.75 bits per heavy atom. The number of aromatic hydroxyl groups is 1. The Hall–Kier alpha value is -0.780. The summed E-state index contributed by atoms with van der Waals surface area (Å²) in [6.45, 7) is 5.65. The largest absolute Gasteiger partial charge is 0.504 e. The molecule has 1 aliphatic heterocycles. The van der Waals surface area contributed by atoms with Crippen molar-refractivity contribution in [2.45, 2.75) is 19.3 Å². The standard InChI is InChI=1S/C15H23BrN2O2/c1-20-14-11-13(16)10-12(15(14)19)4-2-3-7-18-8-5-17-6-9-18/h10-11,17,19H,2-9H2,1H3. The molecule has 1 heterocycles. The van der Waals surface area contributed by atoms with Crippen molar-refractivity contribution in [1.29, 1.82) is 0 Å². The molecule has 1 aliphatic rings. The van der Waals surface area contributed by atoms with Gasteiger partial charge in [-0.05, 0) is 43.5 Å². The summed E-state index contributed by atoms with van der Waals surface area (Å²) in [6.07, 6.45) is 3.12. The SMILES string of the molecule is COc1cc(Br)cc(CCCCN2CCNCC2)c1O. The molecule has 2 rings (SSSR count). The topological polar surface area (TPSA) is 44.7 Å². The predicted octanol–water partition coefficient (Wildman–Crippen LogP) is 2.39. The fourth-order valence-corrected chi connectivity index (χ4v) is 3.04. The zero-order chi connectivity index (χ0) is 14.4. The van der Waals surface area contributed by atoms with Gasteiger partial charge in [-0.25, -0.2) is 0 Å². The lowest BCUT2D eigenvalue weighted by Crippen LogP contribution is -2.43. The highest BCUT2D eigenvalue weighted by atomic mass is 79.9. The summed E-state index contributed by atoms with van der Waals surface area (Å²) in [5.74, 6) is 0.814. The first-order valence-corrected chi connectivity index (χ1v) is 7.98. The highest BCUT2D eigenvalue weighted by Gasteiger charge is 2.11. The molecule has 0 aromatic heterocycles. The number of methoxy groups -OCH3 is 1. The molecule has 0 aliphatic carbocycles. The van der Waals surface area contributed by atoms with Gasteiger partial charge in [0, 0.05) is 30.7 Å². The summed E-state index contributed by atoms with van der Waals surface area (Å²) in [6, 6.07) is 3.77. The minimum absolute atomic E-state index is 0.276. The van der Waals surface area contributed by atoms with Crippen molar-refractivity contribution in [3.8, 4) is 11.5 Å². The van der Waals surface area contributed by atoms with E-state index >= 15 is 0 Å². The van der Waals surface area contributed by atoms with Crippen molar-refractivity contribution in [1.82, 2.24) is 10.2 Å². The first-order valence-electron chi connectivity index (χ1n) is 7.19. The van der Waals surface area contributed by atoms with Crippen LogP contribution in [-0.4, -0.2) is 49.8 Å². The number of hydrogen-bond acceptors (Lipinski definition) is 4. The number of halogens is 1. The molecule has 1 fully saturated rings. The maximum absolute atomic E-state index is 10.1. The van der Waals surface area contributed by atoms with Crippen molar-refractivity contribution >= 4 is 15.9 Å². The van der Waals surface area contributed by atoms with E-state index in [1.54, 1.807) is 13.2 Å². The molecule has 20 heavy (non-hydrogen) atoms. The van der Waals surface area contributed by atoms with Crippen LogP contribution in [0.2, 0.25) is 0 Å². The summed E-state index contributed by atoms with van der Waals surface area (Å²) in [5.41, 5.74) is 0.955. The van der Waals surface area contributed by atoms with Gasteiger partial charge < -0.3 is 20.1 Å². The van der Waals surface area contributed by atoms with E-state index < -0.39 is 0 Å². The van der Waals surface area contributed by atoms with Crippen LogP contribution >= 0.6 is 15.9 Å². The number of nitrogens with zero attached hydrogens (tertiary/aromatic N) is 1. The third-order valence-electron chi connectivity index (χ3n) is 3.72. The molecule has 0 radical (unpaired) electrons. The molecule has 112 valence electrons. The quantitative estimate of drug-likeness (QED) is 0.779. The smallest absolute Gasteiger partial charge is 0.161 e. The van der Waals surface area contributed by atoms with E-state index in [0.29, 0.717) is 5.75 Å². The van der Waals surface area contributed by atoms with Crippen molar-refractivity contribution < 1.29 is 9.84 Å². The molecule has 1 aromatic carbocycles. The minimum Gasteiger partial charge on any atom is -0.504 e. The number of phenolic OH excluding ortho intramolecular Hbond substituents is 1. The maximum Gasteiger partial charge on any atom is 0.161 e. The first-order chi connectivity index (χ1) is 9.70. The van der Waals surface area contributed by atoms with Crippen LogP contribution in [0.15, 0.2) is 16.6 Å². The average Bonchev–Trinajstić information content (AvgIpc) is 2.47. The molecule has 0 bridgehead atoms. The number of benzene rings is 1. The van der Waals surface area contributed by atoms with Crippen LogP contribution in [0.5, 0.6) is 11.5 Å². The number of rotatable bonds is 6. The summed E-state index contributed by atoms with van der Waals surface area (Å²) >= 11 is 3.45. The Bertz CT molecular complexity index is 434. The fourth-order valence-electron chi connectivity index (χ4n) is 2.56. The van der Waals surface area contributed by atoms with Crippen molar-refractivity contribution in [3.63, 3.8) is 0 Å². The Morgan fingerprint density at radius 1 is 1.30 bits per heavy atom. The molecule has 0 unspecified atom stereocenters. The van der Waals surface area contributed by atoms with Gasteiger partial charge in [0.15, 0.2) is 11.5 Å². The van der Waals surface area contributed by atoms with E-state index in [-0.39, 0.29) is 5.75 Å². The lowest BCUT2D eigenvalue weighted by molar-refractivity contribution is 0.236. The molecular formula is C15H23BrN2O2. The molecule has 5 heteroatoms. The zero-order valence-electron chi connectivity index (χ0n) is 12.0. The van der Waals surface area contributed by atoms with Crippen LogP contribution in [0, 0.1) is 0 Å². The van der Waals surface area contributed by atoms with Crippen molar-refractivity contribution in [3.05, 3.63) is 22.2 Å². The third-order valence-corrected chi connectivity index (χ3v) is 4.18. The number of nitrogens with one attached hydrogen (secondary N) is 1. The molecule has 2 N–H and O–H groups in total. The number of ether oxygens (including phenoxy) is 1. The lowest BCUT2D eigenvalue weighted by atomic mass is 10.1. The average molecular weight is 343 g/mol. The van der Waals surface area contributed by atoms with E-state index in [4.69, 9.17) is 4.74 Å². The van der Waals surface area contributed by atoms with Gasteiger partial charge in [0.2, 0.25) is 0 Å².